The second-order valence-electron chi connectivity index (χ2n) is 5.70. The third-order valence-corrected chi connectivity index (χ3v) is 3.81. The van der Waals surface area contributed by atoms with E-state index in [2.05, 4.69) is 37.9 Å². The molecule has 1 fully saturated rings. The average molecular weight is 226 g/mol. The highest BCUT2D eigenvalue weighted by Gasteiger charge is 2.20. The van der Waals surface area contributed by atoms with Gasteiger partial charge in [-0.05, 0) is 51.6 Å². The highest BCUT2D eigenvalue weighted by molar-refractivity contribution is 4.79. The maximum atomic E-state index is 3.60. The molecular weight excluding hydrogens is 196 g/mol. The molecule has 0 aromatic carbocycles. The van der Waals surface area contributed by atoms with Gasteiger partial charge in [0.1, 0.15) is 0 Å². The van der Waals surface area contributed by atoms with E-state index in [4.69, 9.17) is 0 Å². The number of likely N-dealkylation sites (N-methyl/N-ethyl adjacent to an activating group) is 1. The molecule has 2 nitrogen and oxygen atoms in total. The Hall–Kier alpha value is -0.0800. The number of hydrogen-bond acceptors (Lipinski definition) is 2. The molecule has 96 valence electrons. The molecule has 0 spiro atoms. The van der Waals surface area contributed by atoms with E-state index in [1.54, 1.807) is 0 Å². The second kappa shape index (κ2) is 7.29. The molecule has 0 saturated carbocycles. The summed E-state index contributed by atoms with van der Waals surface area (Å²) >= 11 is 0. The highest BCUT2D eigenvalue weighted by atomic mass is 15.2. The lowest BCUT2D eigenvalue weighted by Crippen LogP contribution is -2.42. The normalized spacial score (nSPS) is 23.2. The van der Waals surface area contributed by atoms with Gasteiger partial charge in [0.15, 0.2) is 0 Å². The SMILES string of the molecule is CCN(CC1CCCN1)C(C)CCC(C)C. The van der Waals surface area contributed by atoms with Crippen molar-refractivity contribution in [3.8, 4) is 0 Å². The van der Waals surface area contributed by atoms with Crippen molar-refractivity contribution in [1.82, 2.24) is 10.2 Å². The van der Waals surface area contributed by atoms with E-state index in [1.165, 1.54) is 45.3 Å². The predicted molar refractivity (Wildman–Crippen MR) is 71.8 cm³/mol. The molecule has 16 heavy (non-hydrogen) atoms. The van der Waals surface area contributed by atoms with Crippen LogP contribution < -0.4 is 5.32 Å². The average Bonchev–Trinajstić information content (AvgIpc) is 2.75. The molecule has 0 aromatic rings. The van der Waals surface area contributed by atoms with Crippen LogP contribution in [-0.4, -0.2) is 36.6 Å². The number of hydrogen-bond donors (Lipinski definition) is 1. The Balaban J connectivity index is 2.27. The number of rotatable bonds is 7. The van der Waals surface area contributed by atoms with Gasteiger partial charge >= 0.3 is 0 Å². The summed E-state index contributed by atoms with van der Waals surface area (Å²) in [6.45, 7) is 13.0. The standard InChI is InChI=1S/C14H30N2/c1-5-16(11-14-7-6-10-15-14)13(4)9-8-12(2)3/h12-15H,5-11H2,1-4H3. The molecule has 1 saturated heterocycles. The fourth-order valence-electron chi connectivity index (χ4n) is 2.57. The van der Waals surface area contributed by atoms with Gasteiger partial charge in [-0.3, -0.25) is 4.90 Å². The lowest BCUT2D eigenvalue weighted by atomic mass is 10.0. The zero-order chi connectivity index (χ0) is 12.0. The lowest BCUT2D eigenvalue weighted by molar-refractivity contribution is 0.186. The first-order valence-corrected chi connectivity index (χ1v) is 7.11. The van der Waals surface area contributed by atoms with Gasteiger partial charge < -0.3 is 5.32 Å². The molecule has 2 atom stereocenters. The van der Waals surface area contributed by atoms with E-state index < -0.39 is 0 Å². The molecule has 2 heteroatoms. The third-order valence-electron chi connectivity index (χ3n) is 3.81. The quantitative estimate of drug-likeness (QED) is 0.718. The van der Waals surface area contributed by atoms with Gasteiger partial charge in [-0.25, -0.2) is 0 Å². The van der Waals surface area contributed by atoms with Crippen LogP contribution in [0, 0.1) is 5.92 Å². The molecular formula is C14H30N2. The highest BCUT2D eigenvalue weighted by Crippen LogP contribution is 2.14. The maximum absolute atomic E-state index is 3.60. The van der Waals surface area contributed by atoms with Crippen LogP contribution in [0.4, 0.5) is 0 Å². The Morgan fingerprint density at radius 2 is 2.00 bits per heavy atom. The summed E-state index contributed by atoms with van der Waals surface area (Å²) in [6, 6.07) is 1.50. The Morgan fingerprint density at radius 3 is 2.50 bits per heavy atom. The Bertz CT molecular complexity index is 174. The largest absolute Gasteiger partial charge is 0.313 e. The molecule has 1 aliphatic rings. The van der Waals surface area contributed by atoms with Crippen molar-refractivity contribution < 1.29 is 0 Å². The minimum absolute atomic E-state index is 0.745. The van der Waals surface area contributed by atoms with Crippen molar-refractivity contribution in [2.45, 2.75) is 65.5 Å². The van der Waals surface area contributed by atoms with Gasteiger partial charge in [0, 0.05) is 18.6 Å². The number of nitrogens with one attached hydrogen (secondary N) is 1. The van der Waals surface area contributed by atoms with Gasteiger partial charge in [0.25, 0.3) is 0 Å². The topological polar surface area (TPSA) is 15.3 Å². The molecule has 1 aliphatic heterocycles. The van der Waals surface area contributed by atoms with E-state index in [0.717, 1.165) is 18.0 Å². The molecule has 0 bridgehead atoms. The van der Waals surface area contributed by atoms with Crippen LogP contribution in [0.25, 0.3) is 0 Å². The minimum Gasteiger partial charge on any atom is -0.313 e. The van der Waals surface area contributed by atoms with Gasteiger partial charge in [-0.2, -0.15) is 0 Å². The summed E-state index contributed by atoms with van der Waals surface area (Å²) in [6.07, 6.45) is 5.43. The van der Waals surface area contributed by atoms with E-state index in [9.17, 15) is 0 Å². The maximum Gasteiger partial charge on any atom is 0.0195 e. The molecule has 1 heterocycles. The van der Waals surface area contributed by atoms with E-state index >= 15 is 0 Å². The monoisotopic (exact) mass is 226 g/mol. The minimum atomic E-state index is 0.745. The predicted octanol–water partition coefficient (Wildman–Crippen LogP) is 2.89. The lowest BCUT2D eigenvalue weighted by Gasteiger charge is -2.30. The van der Waals surface area contributed by atoms with Crippen LogP contribution in [0.5, 0.6) is 0 Å². The molecule has 1 rings (SSSR count). The summed E-state index contributed by atoms with van der Waals surface area (Å²) < 4.78 is 0. The summed E-state index contributed by atoms with van der Waals surface area (Å²) in [5.74, 6) is 0.839. The molecule has 2 unspecified atom stereocenters. The van der Waals surface area contributed by atoms with Crippen molar-refractivity contribution in [2.24, 2.45) is 5.92 Å². The van der Waals surface area contributed by atoms with Crippen LogP contribution in [0.1, 0.15) is 53.4 Å². The fraction of sp³-hybridized carbons (Fsp3) is 1.00. The fourth-order valence-corrected chi connectivity index (χ4v) is 2.57. The van der Waals surface area contributed by atoms with Gasteiger partial charge in [-0.15, -0.1) is 0 Å². The summed E-state index contributed by atoms with van der Waals surface area (Å²) in [4.78, 5) is 2.64. The van der Waals surface area contributed by atoms with Crippen LogP contribution >= 0.6 is 0 Å². The first kappa shape index (κ1) is 14.0. The van der Waals surface area contributed by atoms with Crippen molar-refractivity contribution in [3.63, 3.8) is 0 Å². The van der Waals surface area contributed by atoms with E-state index in [-0.39, 0.29) is 0 Å². The van der Waals surface area contributed by atoms with Crippen molar-refractivity contribution >= 4 is 0 Å². The summed E-state index contributed by atoms with van der Waals surface area (Å²) in [5.41, 5.74) is 0. The summed E-state index contributed by atoms with van der Waals surface area (Å²) in [5, 5.41) is 3.60. The number of nitrogens with zero attached hydrogens (tertiary/aromatic N) is 1. The van der Waals surface area contributed by atoms with Crippen LogP contribution in [0.3, 0.4) is 0 Å². The molecule has 0 aromatic heterocycles. The Labute approximate surface area is 102 Å². The molecule has 1 N–H and O–H groups in total. The molecule has 0 amide bonds. The van der Waals surface area contributed by atoms with Crippen molar-refractivity contribution in [2.75, 3.05) is 19.6 Å². The first-order chi connectivity index (χ1) is 7.63. The third kappa shape index (κ3) is 4.84. The van der Waals surface area contributed by atoms with Crippen LogP contribution in [-0.2, 0) is 0 Å². The van der Waals surface area contributed by atoms with Crippen molar-refractivity contribution in [1.29, 1.82) is 0 Å². The van der Waals surface area contributed by atoms with Crippen molar-refractivity contribution in [3.05, 3.63) is 0 Å². The first-order valence-electron chi connectivity index (χ1n) is 7.11. The zero-order valence-corrected chi connectivity index (χ0v) is 11.6. The Kier molecular flexibility index (Phi) is 6.37. The van der Waals surface area contributed by atoms with Gasteiger partial charge in [0.05, 0.1) is 0 Å². The van der Waals surface area contributed by atoms with Gasteiger partial charge in [-0.1, -0.05) is 20.8 Å². The zero-order valence-electron chi connectivity index (χ0n) is 11.6. The second-order valence-corrected chi connectivity index (χ2v) is 5.70. The van der Waals surface area contributed by atoms with E-state index in [1.807, 2.05) is 0 Å². The van der Waals surface area contributed by atoms with Gasteiger partial charge in [0.2, 0.25) is 0 Å². The Morgan fingerprint density at radius 1 is 1.25 bits per heavy atom. The molecule has 0 aliphatic carbocycles. The van der Waals surface area contributed by atoms with Crippen LogP contribution in [0.15, 0.2) is 0 Å². The van der Waals surface area contributed by atoms with E-state index in [0.29, 0.717) is 0 Å². The smallest absolute Gasteiger partial charge is 0.0195 e. The van der Waals surface area contributed by atoms with Crippen LogP contribution in [0.2, 0.25) is 0 Å². The molecule has 0 radical (unpaired) electrons. The summed E-state index contributed by atoms with van der Waals surface area (Å²) in [7, 11) is 0.